The molecule has 302 valence electrons. The van der Waals surface area contributed by atoms with Crippen LogP contribution in [0.1, 0.15) is 37.5 Å². The number of carbonyl (C=O) groups is 4. The summed E-state index contributed by atoms with van der Waals surface area (Å²) in [7, 11) is 3.13. The lowest BCUT2D eigenvalue weighted by atomic mass is 10.1. The third kappa shape index (κ3) is 15.3. The van der Waals surface area contributed by atoms with Crippen molar-refractivity contribution in [3.8, 4) is 11.5 Å². The van der Waals surface area contributed by atoms with E-state index in [0.717, 1.165) is 18.2 Å². The maximum atomic E-state index is 13.2. The summed E-state index contributed by atoms with van der Waals surface area (Å²) < 4.78 is 34.1. The van der Waals surface area contributed by atoms with E-state index in [1.54, 1.807) is 50.6 Å². The number of hydrogen-bond acceptors (Lipinski definition) is 9. The number of hydrogen-bond donors (Lipinski definition) is 3. The van der Waals surface area contributed by atoms with Gasteiger partial charge in [-0.15, -0.1) is 0 Å². The van der Waals surface area contributed by atoms with Crippen molar-refractivity contribution >= 4 is 70.4 Å². The first-order valence-corrected chi connectivity index (χ1v) is 18.3. The smallest absolute Gasteiger partial charge is 0.328 e. The fraction of sp³-hybridized carbons (Fsp3) is 0.350. The first-order valence-electron chi connectivity index (χ1n) is 17.5. The van der Waals surface area contributed by atoms with Gasteiger partial charge in [0.05, 0.1) is 23.3 Å². The van der Waals surface area contributed by atoms with Gasteiger partial charge in [0, 0.05) is 94.9 Å². The Morgan fingerprint density at radius 2 is 1.30 bits per heavy atom. The Balaban J connectivity index is 0.000000342. The molecule has 1 aliphatic heterocycles. The molecule has 1 heterocycles. The second-order valence-electron chi connectivity index (χ2n) is 12.5. The molecule has 3 aromatic carbocycles. The van der Waals surface area contributed by atoms with Gasteiger partial charge in [0.15, 0.2) is 0 Å². The number of halogens is 3. The number of ether oxygens (including phenoxy) is 4. The molecule has 3 N–H and O–H groups in total. The van der Waals surface area contributed by atoms with Crippen molar-refractivity contribution in [2.75, 3.05) is 70.9 Å². The number of carboxylic acid groups (broad SMARTS) is 1. The van der Waals surface area contributed by atoms with E-state index in [1.807, 2.05) is 11.8 Å². The Morgan fingerprint density at radius 1 is 0.804 bits per heavy atom. The number of rotatable bonds is 16. The molecular weight excluding hydrogens is 770 g/mol. The molecule has 0 saturated carbocycles. The molecule has 1 aliphatic rings. The lowest BCUT2D eigenvalue weighted by molar-refractivity contribution is -0.131. The highest BCUT2D eigenvalue weighted by Crippen LogP contribution is 2.33. The third-order valence-corrected chi connectivity index (χ3v) is 8.64. The zero-order valence-corrected chi connectivity index (χ0v) is 33.4. The van der Waals surface area contributed by atoms with Gasteiger partial charge in [-0.25, -0.2) is 9.18 Å². The lowest BCUT2D eigenvalue weighted by Crippen LogP contribution is -2.53. The van der Waals surface area contributed by atoms with Crippen LogP contribution in [0.3, 0.4) is 0 Å². The van der Waals surface area contributed by atoms with Crippen LogP contribution in [0.4, 0.5) is 15.8 Å². The molecular formula is C40H47Cl2FN4O9. The van der Waals surface area contributed by atoms with Crippen molar-refractivity contribution in [1.82, 2.24) is 9.80 Å². The maximum absolute atomic E-state index is 13.2. The Hall–Kier alpha value is -4.99. The fourth-order valence-corrected chi connectivity index (χ4v) is 5.91. The number of amides is 3. The molecule has 1 fully saturated rings. The van der Waals surface area contributed by atoms with E-state index < -0.39 is 5.97 Å². The average molecular weight is 818 g/mol. The van der Waals surface area contributed by atoms with Gasteiger partial charge in [-0.2, -0.15) is 0 Å². The predicted molar refractivity (Wildman–Crippen MR) is 215 cm³/mol. The molecule has 1 atom stereocenters. The summed E-state index contributed by atoms with van der Waals surface area (Å²) in [5.41, 5.74) is 3.01. The summed E-state index contributed by atoms with van der Waals surface area (Å²) in [5, 5.41) is 14.7. The van der Waals surface area contributed by atoms with Crippen molar-refractivity contribution in [2.24, 2.45) is 0 Å². The standard InChI is InChI=1S/C26H31ClFN3O4.C14H16ClNO5/c1-18-16-30(17-20-4-7-22(28)8-5-20)10-11-31(18)26(33)9-6-21-14-25(35-13-12-34-3)23(27)15-24(21)29-19(2)32;1-9(17)16-12-8-11(15)13(21-6-5-20-2)7-10(12)3-4-14(18)19/h4-9,14-15,18H,10-13,16-17H2,1-3H3,(H,29,32);3-4,7-8H,5-6H2,1-2H3,(H,16,17)(H,18,19)/b9-6+;4-3+/t18-;/m1./s1. The minimum absolute atomic E-state index is 0.00863. The van der Waals surface area contributed by atoms with Crippen LogP contribution in [0.2, 0.25) is 10.0 Å². The number of nitrogens with one attached hydrogen (secondary N) is 2. The minimum Gasteiger partial charge on any atom is -0.490 e. The van der Waals surface area contributed by atoms with Crippen molar-refractivity contribution in [1.29, 1.82) is 0 Å². The summed E-state index contributed by atoms with van der Waals surface area (Å²) in [5.74, 6) is -1.18. The van der Waals surface area contributed by atoms with Crippen LogP contribution in [0.15, 0.2) is 60.7 Å². The largest absolute Gasteiger partial charge is 0.490 e. The van der Waals surface area contributed by atoms with E-state index in [-0.39, 0.29) is 29.6 Å². The van der Waals surface area contributed by atoms with Gasteiger partial charge in [-0.3, -0.25) is 19.3 Å². The van der Waals surface area contributed by atoms with Crippen LogP contribution >= 0.6 is 23.2 Å². The van der Waals surface area contributed by atoms with Crippen LogP contribution in [0.5, 0.6) is 11.5 Å². The van der Waals surface area contributed by atoms with E-state index >= 15 is 0 Å². The van der Waals surface area contributed by atoms with E-state index in [9.17, 15) is 23.6 Å². The van der Waals surface area contributed by atoms with Gasteiger partial charge in [-0.1, -0.05) is 35.3 Å². The van der Waals surface area contributed by atoms with Crippen LogP contribution in [0.25, 0.3) is 12.2 Å². The second-order valence-corrected chi connectivity index (χ2v) is 13.3. The molecule has 56 heavy (non-hydrogen) atoms. The highest BCUT2D eigenvalue weighted by atomic mass is 35.5. The van der Waals surface area contributed by atoms with E-state index in [0.29, 0.717) is 90.1 Å². The fourth-order valence-electron chi connectivity index (χ4n) is 5.47. The lowest BCUT2D eigenvalue weighted by Gasteiger charge is -2.39. The predicted octanol–water partition coefficient (Wildman–Crippen LogP) is 6.63. The Labute approximate surface area is 335 Å². The molecule has 3 aromatic rings. The molecule has 0 bridgehead atoms. The zero-order chi connectivity index (χ0) is 41.2. The van der Waals surface area contributed by atoms with E-state index in [4.69, 9.17) is 47.3 Å². The van der Waals surface area contributed by atoms with Crippen LogP contribution in [-0.4, -0.2) is 105 Å². The average Bonchev–Trinajstić information content (AvgIpc) is 3.13. The number of benzene rings is 3. The maximum Gasteiger partial charge on any atom is 0.328 e. The second kappa shape index (κ2) is 23.2. The normalized spacial score (nSPS) is 14.3. The van der Waals surface area contributed by atoms with Crippen LogP contribution in [-0.2, 0) is 35.2 Å². The third-order valence-electron chi connectivity index (χ3n) is 8.04. The monoisotopic (exact) mass is 816 g/mol. The van der Waals surface area contributed by atoms with E-state index in [2.05, 4.69) is 15.5 Å². The van der Waals surface area contributed by atoms with Gasteiger partial charge >= 0.3 is 5.97 Å². The first-order chi connectivity index (χ1) is 26.7. The Morgan fingerprint density at radius 3 is 1.75 bits per heavy atom. The topological polar surface area (TPSA) is 156 Å². The quantitative estimate of drug-likeness (QED) is 0.106. The minimum atomic E-state index is -1.10. The van der Waals surface area contributed by atoms with E-state index in [1.165, 1.54) is 44.2 Å². The molecule has 0 aromatic heterocycles. The Kier molecular flexibility index (Phi) is 18.8. The molecule has 3 amide bonds. The van der Waals surface area contributed by atoms with Crippen LogP contribution in [0, 0.1) is 5.82 Å². The zero-order valence-electron chi connectivity index (χ0n) is 31.9. The number of piperazine rings is 1. The number of carbonyl (C=O) groups excluding carboxylic acids is 3. The number of methoxy groups -OCH3 is 2. The molecule has 0 aliphatic carbocycles. The number of nitrogens with zero attached hydrogens (tertiary/aromatic N) is 2. The summed E-state index contributed by atoms with van der Waals surface area (Å²) in [6.45, 7) is 8.90. The summed E-state index contributed by atoms with van der Waals surface area (Å²) >= 11 is 12.4. The molecule has 0 spiro atoms. The molecule has 0 radical (unpaired) electrons. The number of anilines is 2. The highest BCUT2D eigenvalue weighted by molar-refractivity contribution is 6.33. The molecule has 1 saturated heterocycles. The van der Waals surface area contributed by atoms with Crippen molar-refractivity contribution < 1.29 is 47.6 Å². The van der Waals surface area contributed by atoms with Gasteiger partial charge in [-0.05, 0) is 61.0 Å². The van der Waals surface area contributed by atoms with Crippen molar-refractivity contribution in [2.45, 2.75) is 33.4 Å². The molecule has 0 unspecified atom stereocenters. The van der Waals surface area contributed by atoms with Crippen LogP contribution < -0.4 is 20.1 Å². The van der Waals surface area contributed by atoms with Gasteiger partial charge in [0.25, 0.3) is 0 Å². The van der Waals surface area contributed by atoms with Gasteiger partial charge in [0.2, 0.25) is 17.7 Å². The SMILES string of the molecule is COCCOc1cc(/C=C/C(=O)N2CCN(Cc3ccc(F)cc3)C[C@H]2C)c(NC(C)=O)cc1Cl.COCCOc1cc(/C=C/C(=O)O)c(NC(C)=O)cc1Cl. The first kappa shape index (κ1) is 45.4. The van der Waals surface area contributed by atoms with Gasteiger partial charge < -0.3 is 39.6 Å². The number of aliphatic carboxylic acids is 1. The molecule has 16 heteroatoms. The van der Waals surface area contributed by atoms with Gasteiger partial charge in [0.1, 0.15) is 30.5 Å². The summed E-state index contributed by atoms with van der Waals surface area (Å²) in [6.07, 6.45) is 5.48. The molecule has 13 nitrogen and oxygen atoms in total. The summed E-state index contributed by atoms with van der Waals surface area (Å²) in [6, 6.07) is 12.9. The van der Waals surface area contributed by atoms with Crippen molar-refractivity contribution in [3.63, 3.8) is 0 Å². The highest BCUT2D eigenvalue weighted by Gasteiger charge is 2.26. The van der Waals surface area contributed by atoms with Crippen molar-refractivity contribution in [3.05, 3.63) is 93.2 Å². The molecule has 4 rings (SSSR count). The Bertz CT molecular complexity index is 1880. The number of carboxylic acids is 1. The summed E-state index contributed by atoms with van der Waals surface area (Å²) in [4.78, 5) is 50.5.